The average molecular weight is 295 g/mol. The predicted molar refractivity (Wildman–Crippen MR) is 77.7 cm³/mol. The number of nitrogens with one attached hydrogen (secondary N) is 1. The molecule has 2 aromatic rings. The first-order valence-corrected chi connectivity index (χ1v) is 6.83. The number of ether oxygens (including phenoxy) is 1. The minimum absolute atomic E-state index is 0.0410. The van der Waals surface area contributed by atoms with Gasteiger partial charge in [-0.3, -0.25) is 4.68 Å². The van der Waals surface area contributed by atoms with Gasteiger partial charge in [0.25, 0.3) is 0 Å². The summed E-state index contributed by atoms with van der Waals surface area (Å²) in [7, 11) is 1.87. The highest BCUT2D eigenvalue weighted by Gasteiger charge is 2.12. The second kappa shape index (κ2) is 6.56. The van der Waals surface area contributed by atoms with Crippen LogP contribution in [-0.4, -0.2) is 16.4 Å². The molecule has 1 atom stereocenters. The first kappa shape index (κ1) is 15.3. The molecule has 0 radical (unpaired) electrons. The van der Waals surface area contributed by atoms with E-state index in [4.69, 9.17) is 0 Å². The maximum Gasteiger partial charge on any atom is 0.387 e. The van der Waals surface area contributed by atoms with Crippen molar-refractivity contribution >= 4 is 5.69 Å². The zero-order chi connectivity index (χ0) is 15.4. The number of nitrogens with zero attached hydrogens (tertiary/aromatic N) is 2. The van der Waals surface area contributed by atoms with Crippen molar-refractivity contribution in [2.75, 3.05) is 5.32 Å². The Kier molecular flexibility index (Phi) is 4.77. The fourth-order valence-corrected chi connectivity index (χ4v) is 2.19. The Morgan fingerprint density at radius 1 is 1.38 bits per heavy atom. The molecule has 1 aromatic heterocycles. The van der Waals surface area contributed by atoms with Gasteiger partial charge < -0.3 is 10.1 Å². The molecule has 1 aromatic carbocycles. The molecule has 21 heavy (non-hydrogen) atoms. The second-order valence-corrected chi connectivity index (χ2v) is 4.83. The van der Waals surface area contributed by atoms with E-state index in [1.54, 1.807) is 16.8 Å². The lowest BCUT2D eigenvalue weighted by molar-refractivity contribution is -0.0498. The van der Waals surface area contributed by atoms with E-state index in [0.29, 0.717) is 0 Å². The summed E-state index contributed by atoms with van der Waals surface area (Å²) >= 11 is 0. The summed E-state index contributed by atoms with van der Waals surface area (Å²) in [6.07, 6.45) is 2.74. The quantitative estimate of drug-likeness (QED) is 0.882. The number of aromatic nitrogens is 2. The van der Waals surface area contributed by atoms with Crippen molar-refractivity contribution in [2.24, 2.45) is 7.05 Å². The molecule has 0 aliphatic rings. The molecule has 1 heterocycles. The van der Waals surface area contributed by atoms with E-state index in [2.05, 4.69) is 15.2 Å². The van der Waals surface area contributed by atoms with Gasteiger partial charge in [-0.2, -0.15) is 13.9 Å². The lowest BCUT2D eigenvalue weighted by atomic mass is 10.1. The first-order chi connectivity index (χ1) is 9.99. The lowest BCUT2D eigenvalue weighted by Crippen LogP contribution is -2.08. The molecular formula is C15H19F2N3O. The zero-order valence-corrected chi connectivity index (χ0v) is 12.3. The summed E-state index contributed by atoms with van der Waals surface area (Å²) in [5.74, 6) is 0.165. The van der Waals surface area contributed by atoms with Crippen LogP contribution < -0.4 is 10.1 Å². The van der Waals surface area contributed by atoms with Crippen molar-refractivity contribution in [3.63, 3.8) is 0 Å². The van der Waals surface area contributed by atoms with Gasteiger partial charge in [-0.15, -0.1) is 0 Å². The Balaban J connectivity index is 2.14. The number of alkyl halides is 2. The van der Waals surface area contributed by atoms with E-state index in [1.165, 1.54) is 6.07 Å². The van der Waals surface area contributed by atoms with Crippen LogP contribution in [0.15, 0.2) is 30.5 Å². The van der Waals surface area contributed by atoms with Gasteiger partial charge in [0, 0.05) is 19.3 Å². The highest BCUT2D eigenvalue weighted by molar-refractivity contribution is 5.48. The van der Waals surface area contributed by atoms with Crippen LogP contribution in [0.1, 0.15) is 31.1 Å². The molecule has 0 fully saturated rings. The highest BCUT2D eigenvalue weighted by atomic mass is 19.3. The van der Waals surface area contributed by atoms with Crippen molar-refractivity contribution < 1.29 is 13.5 Å². The third-order valence-electron chi connectivity index (χ3n) is 3.20. The van der Waals surface area contributed by atoms with Crippen LogP contribution in [0.5, 0.6) is 5.75 Å². The third kappa shape index (κ3) is 3.93. The van der Waals surface area contributed by atoms with Crippen LogP contribution >= 0.6 is 0 Å². The number of hydrogen-bond acceptors (Lipinski definition) is 3. The van der Waals surface area contributed by atoms with Crippen molar-refractivity contribution in [1.29, 1.82) is 0 Å². The van der Waals surface area contributed by atoms with Gasteiger partial charge in [0.15, 0.2) is 0 Å². The number of rotatable bonds is 6. The Hall–Kier alpha value is -2.11. The summed E-state index contributed by atoms with van der Waals surface area (Å²) in [5.41, 5.74) is 2.80. The number of hydrogen-bond donors (Lipinski definition) is 1. The predicted octanol–water partition coefficient (Wildman–Crippen LogP) is 3.76. The maximum absolute atomic E-state index is 12.3. The van der Waals surface area contributed by atoms with Crippen LogP contribution in [0.4, 0.5) is 14.5 Å². The van der Waals surface area contributed by atoms with E-state index in [9.17, 15) is 8.78 Å². The summed E-state index contributed by atoms with van der Waals surface area (Å²) in [5, 5.41) is 7.72. The summed E-state index contributed by atoms with van der Waals surface area (Å²) in [6, 6.07) is 6.67. The van der Waals surface area contributed by atoms with Crippen LogP contribution in [0.25, 0.3) is 0 Å². The Labute approximate surface area is 122 Å². The molecule has 0 amide bonds. The summed E-state index contributed by atoms with van der Waals surface area (Å²) < 4.78 is 30.7. The molecule has 0 aliphatic heterocycles. The standard InChI is InChI=1S/C15H19F2N3O/c1-4-13-14(9-20(3)19-13)18-10(2)11-6-5-7-12(8-11)21-15(16)17/h5-10,15,18H,4H2,1-3H3. The minimum atomic E-state index is -2.81. The van der Waals surface area contributed by atoms with Crippen molar-refractivity contribution in [1.82, 2.24) is 9.78 Å². The van der Waals surface area contributed by atoms with E-state index >= 15 is 0 Å². The summed E-state index contributed by atoms with van der Waals surface area (Å²) in [4.78, 5) is 0. The van der Waals surface area contributed by atoms with Gasteiger partial charge >= 0.3 is 6.61 Å². The molecule has 0 saturated carbocycles. The van der Waals surface area contributed by atoms with Crippen LogP contribution in [-0.2, 0) is 13.5 Å². The number of halogens is 2. The molecule has 0 bridgehead atoms. The van der Waals surface area contributed by atoms with Gasteiger partial charge in [-0.05, 0) is 31.0 Å². The molecule has 114 valence electrons. The largest absolute Gasteiger partial charge is 0.435 e. The van der Waals surface area contributed by atoms with Gasteiger partial charge in [0.2, 0.25) is 0 Å². The molecule has 4 nitrogen and oxygen atoms in total. The number of anilines is 1. The van der Waals surface area contributed by atoms with Crippen LogP contribution in [0.2, 0.25) is 0 Å². The lowest BCUT2D eigenvalue weighted by Gasteiger charge is -2.16. The minimum Gasteiger partial charge on any atom is -0.435 e. The van der Waals surface area contributed by atoms with Gasteiger partial charge in [0.05, 0.1) is 11.4 Å². The molecule has 0 spiro atoms. The highest BCUT2D eigenvalue weighted by Crippen LogP contribution is 2.25. The molecule has 6 heteroatoms. The first-order valence-electron chi connectivity index (χ1n) is 6.83. The van der Waals surface area contributed by atoms with Crippen LogP contribution in [0, 0.1) is 0 Å². The number of benzene rings is 1. The SMILES string of the molecule is CCc1nn(C)cc1NC(C)c1cccc(OC(F)F)c1. The van der Waals surface area contributed by atoms with Crippen molar-refractivity contribution in [2.45, 2.75) is 32.9 Å². The topological polar surface area (TPSA) is 39.1 Å². The van der Waals surface area contributed by atoms with E-state index < -0.39 is 6.61 Å². The number of aryl methyl sites for hydroxylation is 2. The smallest absolute Gasteiger partial charge is 0.387 e. The third-order valence-corrected chi connectivity index (χ3v) is 3.20. The average Bonchev–Trinajstić information content (AvgIpc) is 2.78. The zero-order valence-electron chi connectivity index (χ0n) is 12.3. The van der Waals surface area contributed by atoms with Gasteiger partial charge in [-0.25, -0.2) is 0 Å². The van der Waals surface area contributed by atoms with Crippen molar-refractivity contribution in [3.05, 3.63) is 41.7 Å². The molecule has 1 unspecified atom stereocenters. The Morgan fingerprint density at radius 3 is 2.81 bits per heavy atom. The molecule has 1 N–H and O–H groups in total. The molecule has 0 saturated heterocycles. The second-order valence-electron chi connectivity index (χ2n) is 4.83. The monoisotopic (exact) mass is 295 g/mol. The maximum atomic E-state index is 12.3. The summed E-state index contributed by atoms with van der Waals surface area (Å²) in [6.45, 7) is 1.19. The normalized spacial score (nSPS) is 12.5. The fraction of sp³-hybridized carbons (Fsp3) is 0.400. The molecular weight excluding hydrogens is 276 g/mol. The van der Waals surface area contributed by atoms with Crippen LogP contribution in [0.3, 0.4) is 0 Å². The van der Waals surface area contributed by atoms with E-state index in [-0.39, 0.29) is 11.8 Å². The Bertz CT molecular complexity index is 598. The Morgan fingerprint density at radius 2 is 2.14 bits per heavy atom. The molecule has 2 rings (SSSR count). The van der Waals surface area contributed by atoms with E-state index in [0.717, 1.165) is 23.4 Å². The van der Waals surface area contributed by atoms with Gasteiger partial charge in [-0.1, -0.05) is 19.1 Å². The van der Waals surface area contributed by atoms with Gasteiger partial charge in [0.1, 0.15) is 5.75 Å². The molecule has 0 aliphatic carbocycles. The van der Waals surface area contributed by atoms with E-state index in [1.807, 2.05) is 33.2 Å². The fourth-order valence-electron chi connectivity index (χ4n) is 2.19. The van der Waals surface area contributed by atoms with Crippen molar-refractivity contribution in [3.8, 4) is 5.75 Å².